The number of amides is 1. The average Bonchev–Trinajstić information content (AvgIpc) is 3.17. The first kappa shape index (κ1) is 21.1. The molecule has 3 rings (SSSR count). The fourth-order valence-electron chi connectivity index (χ4n) is 3.21. The van der Waals surface area contributed by atoms with E-state index in [0.29, 0.717) is 31.0 Å². The van der Waals surface area contributed by atoms with Crippen LogP contribution in [0.25, 0.3) is 5.82 Å². The summed E-state index contributed by atoms with van der Waals surface area (Å²) in [5.41, 5.74) is 1.07. The monoisotopic (exact) mass is 409 g/mol. The molecule has 1 aliphatic carbocycles. The molecule has 0 radical (unpaired) electrons. The number of aromatic nitrogens is 3. The third-order valence-corrected chi connectivity index (χ3v) is 4.95. The first-order chi connectivity index (χ1) is 13.8. The lowest BCUT2D eigenvalue weighted by atomic mass is 9.92. The maximum Gasteiger partial charge on any atom is 0.248 e. The third kappa shape index (κ3) is 5.71. The van der Waals surface area contributed by atoms with Gasteiger partial charge in [0.1, 0.15) is 12.5 Å². The number of pyridine rings is 1. The fraction of sp³-hybridized carbons (Fsp3) is 0.550. The van der Waals surface area contributed by atoms with Crippen molar-refractivity contribution in [2.24, 2.45) is 5.92 Å². The standard InChI is InChI=1S/C20H26F3N5O/c1-13(2)19(29)24-12-14-9-17(25-15-3-6-20(22,23)7-4-15)26-18(10-14)28-8-5-16(11-21)27-28/h5,8-10,13,15H,3-4,6-7,11-12H2,1-2H3,(H,24,29)(H,25,26). The molecule has 2 aromatic heterocycles. The van der Waals surface area contributed by atoms with Crippen LogP contribution in [-0.4, -0.2) is 32.6 Å². The molecule has 1 amide bonds. The molecule has 0 unspecified atom stereocenters. The lowest BCUT2D eigenvalue weighted by Crippen LogP contribution is -2.32. The van der Waals surface area contributed by atoms with Crippen molar-refractivity contribution < 1.29 is 18.0 Å². The number of carbonyl (C=O) groups is 1. The van der Waals surface area contributed by atoms with Crippen molar-refractivity contribution in [2.45, 2.75) is 64.7 Å². The molecule has 0 saturated heterocycles. The van der Waals surface area contributed by atoms with E-state index in [1.54, 1.807) is 38.2 Å². The molecular weight excluding hydrogens is 383 g/mol. The minimum absolute atomic E-state index is 0.0776. The molecule has 29 heavy (non-hydrogen) atoms. The van der Waals surface area contributed by atoms with Crippen molar-refractivity contribution in [2.75, 3.05) is 5.32 Å². The van der Waals surface area contributed by atoms with Crippen LogP contribution in [0.1, 0.15) is 50.8 Å². The zero-order valence-corrected chi connectivity index (χ0v) is 16.6. The van der Waals surface area contributed by atoms with Gasteiger partial charge >= 0.3 is 0 Å². The van der Waals surface area contributed by atoms with Crippen LogP contribution in [0.5, 0.6) is 0 Å². The lowest BCUT2D eigenvalue weighted by molar-refractivity contribution is -0.124. The maximum absolute atomic E-state index is 13.4. The SMILES string of the molecule is CC(C)C(=O)NCc1cc(NC2CCC(F)(F)CC2)nc(-n2ccc(CF)n2)c1. The van der Waals surface area contributed by atoms with Gasteiger partial charge < -0.3 is 10.6 Å². The number of nitrogens with zero attached hydrogens (tertiary/aromatic N) is 3. The van der Waals surface area contributed by atoms with Gasteiger partial charge in [0.05, 0.1) is 5.69 Å². The molecule has 0 atom stereocenters. The van der Waals surface area contributed by atoms with E-state index in [1.165, 1.54) is 4.68 Å². The van der Waals surface area contributed by atoms with Gasteiger partial charge in [-0.2, -0.15) is 5.10 Å². The fourth-order valence-corrected chi connectivity index (χ4v) is 3.21. The van der Waals surface area contributed by atoms with E-state index in [2.05, 4.69) is 20.7 Å². The molecule has 158 valence electrons. The lowest BCUT2D eigenvalue weighted by Gasteiger charge is -2.29. The number of rotatable bonds is 7. The van der Waals surface area contributed by atoms with Crippen molar-refractivity contribution in [3.05, 3.63) is 35.7 Å². The number of hydrogen-bond acceptors (Lipinski definition) is 4. The highest BCUT2D eigenvalue weighted by molar-refractivity contribution is 5.77. The zero-order valence-electron chi connectivity index (χ0n) is 16.6. The summed E-state index contributed by atoms with van der Waals surface area (Å²) in [5.74, 6) is -1.84. The normalized spacial score (nSPS) is 16.8. The van der Waals surface area contributed by atoms with Crippen molar-refractivity contribution >= 4 is 11.7 Å². The smallest absolute Gasteiger partial charge is 0.248 e. The highest BCUT2D eigenvalue weighted by Crippen LogP contribution is 2.34. The summed E-state index contributed by atoms with van der Waals surface area (Å²) in [4.78, 5) is 16.4. The summed E-state index contributed by atoms with van der Waals surface area (Å²) < 4.78 is 41.1. The molecule has 0 aromatic carbocycles. The number of hydrogen-bond donors (Lipinski definition) is 2. The number of nitrogens with one attached hydrogen (secondary N) is 2. The first-order valence-corrected chi connectivity index (χ1v) is 9.79. The van der Waals surface area contributed by atoms with E-state index in [1.807, 2.05) is 0 Å². The Labute approximate surface area is 167 Å². The predicted molar refractivity (Wildman–Crippen MR) is 104 cm³/mol. The van der Waals surface area contributed by atoms with Gasteiger partial charge in [-0.3, -0.25) is 4.79 Å². The second kappa shape index (κ2) is 8.84. The molecule has 2 heterocycles. The Balaban J connectivity index is 1.81. The average molecular weight is 409 g/mol. The van der Waals surface area contributed by atoms with Crippen molar-refractivity contribution in [1.29, 1.82) is 0 Å². The van der Waals surface area contributed by atoms with E-state index in [0.717, 1.165) is 5.56 Å². The molecule has 0 bridgehead atoms. The minimum atomic E-state index is -2.60. The molecule has 2 aromatic rings. The topological polar surface area (TPSA) is 71.8 Å². The highest BCUT2D eigenvalue weighted by atomic mass is 19.3. The van der Waals surface area contributed by atoms with E-state index in [9.17, 15) is 18.0 Å². The van der Waals surface area contributed by atoms with Crippen LogP contribution in [0.15, 0.2) is 24.4 Å². The zero-order chi connectivity index (χ0) is 21.0. The van der Waals surface area contributed by atoms with Crippen LogP contribution < -0.4 is 10.6 Å². The maximum atomic E-state index is 13.4. The van der Waals surface area contributed by atoms with Gasteiger partial charge in [0.25, 0.3) is 0 Å². The number of alkyl halides is 3. The molecule has 2 N–H and O–H groups in total. The predicted octanol–water partition coefficient (Wildman–Crippen LogP) is 4.00. The van der Waals surface area contributed by atoms with Gasteiger partial charge in [0, 0.05) is 37.5 Å². The molecule has 1 aliphatic rings. The number of anilines is 1. The molecule has 0 spiro atoms. The van der Waals surface area contributed by atoms with Gasteiger partial charge in [0.15, 0.2) is 5.82 Å². The van der Waals surface area contributed by atoms with E-state index >= 15 is 0 Å². The van der Waals surface area contributed by atoms with Crippen LogP contribution in [0.3, 0.4) is 0 Å². The van der Waals surface area contributed by atoms with Crippen LogP contribution >= 0.6 is 0 Å². The van der Waals surface area contributed by atoms with Crippen LogP contribution in [0, 0.1) is 5.92 Å². The van der Waals surface area contributed by atoms with Gasteiger partial charge in [-0.15, -0.1) is 0 Å². The van der Waals surface area contributed by atoms with Crippen molar-refractivity contribution in [1.82, 2.24) is 20.1 Å². The summed E-state index contributed by atoms with van der Waals surface area (Å²) in [6.45, 7) is 3.22. The second-order valence-electron chi connectivity index (χ2n) is 7.75. The van der Waals surface area contributed by atoms with Gasteiger partial charge in [-0.1, -0.05) is 13.8 Å². The Kier molecular flexibility index (Phi) is 6.44. The molecular formula is C20H26F3N5O. The van der Waals surface area contributed by atoms with Gasteiger partial charge in [0.2, 0.25) is 11.8 Å². The Morgan fingerprint density at radius 1 is 1.31 bits per heavy atom. The number of carbonyl (C=O) groups excluding carboxylic acids is 1. The largest absolute Gasteiger partial charge is 0.367 e. The Morgan fingerprint density at radius 2 is 2.03 bits per heavy atom. The second-order valence-corrected chi connectivity index (χ2v) is 7.75. The Morgan fingerprint density at radius 3 is 2.66 bits per heavy atom. The molecule has 6 nitrogen and oxygen atoms in total. The summed E-state index contributed by atoms with van der Waals surface area (Å²) in [6, 6.07) is 5.01. The molecule has 0 aliphatic heterocycles. The van der Waals surface area contributed by atoms with Gasteiger partial charge in [-0.05, 0) is 36.6 Å². The van der Waals surface area contributed by atoms with Gasteiger partial charge in [-0.25, -0.2) is 22.8 Å². The van der Waals surface area contributed by atoms with Crippen LogP contribution in [0.4, 0.5) is 19.0 Å². The minimum Gasteiger partial charge on any atom is -0.367 e. The first-order valence-electron chi connectivity index (χ1n) is 9.79. The summed E-state index contributed by atoms with van der Waals surface area (Å²) in [5, 5.41) is 10.2. The summed E-state index contributed by atoms with van der Waals surface area (Å²) in [6.07, 6.45) is 2.01. The van der Waals surface area contributed by atoms with E-state index < -0.39 is 12.6 Å². The molecule has 9 heteroatoms. The third-order valence-electron chi connectivity index (χ3n) is 4.95. The Hall–Kier alpha value is -2.58. The summed E-state index contributed by atoms with van der Waals surface area (Å²) in [7, 11) is 0. The Bertz CT molecular complexity index is 842. The van der Waals surface area contributed by atoms with Crippen LogP contribution in [-0.2, 0) is 18.0 Å². The van der Waals surface area contributed by atoms with Crippen LogP contribution in [0.2, 0.25) is 0 Å². The number of halogens is 3. The van der Waals surface area contributed by atoms with E-state index in [4.69, 9.17) is 0 Å². The van der Waals surface area contributed by atoms with Crippen molar-refractivity contribution in [3.63, 3.8) is 0 Å². The van der Waals surface area contributed by atoms with E-state index in [-0.39, 0.29) is 36.4 Å². The highest BCUT2D eigenvalue weighted by Gasteiger charge is 2.35. The quantitative estimate of drug-likeness (QED) is 0.725. The van der Waals surface area contributed by atoms with Crippen molar-refractivity contribution in [3.8, 4) is 5.82 Å². The summed E-state index contributed by atoms with van der Waals surface area (Å²) >= 11 is 0. The molecule has 1 fully saturated rings. The molecule has 1 saturated carbocycles.